The quantitative estimate of drug-likeness (QED) is 0.262. The van der Waals surface area contributed by atoms with Gasteiger partial charge in [-0.25, -0.2) is 17.6 Å². The maximum Gasteiger partial charge on any atom is 0.341 e. The predicted molar refractivity (Wildman–Crippen MR) is 122 cm³/mol. The van der Waals surface area contributed by atoms with Crippen LogP contribution in [-0.2, 0) is 26.0 Å². The Labute approximate surface area is 194 Å². The maximum atomic E-state index is 14.3. The third kappa shape index (κ3) is 6.07. The van der Waals surface area contributed by atoms with Crippen LogP contribution in [0.4, 0.5) is 4.39 Å². The third-order valence-electron chi connectivity index (χ3n) is 5.44. The first kappa shape index (κ1) is 26.7. The highest BCUT2D eigenvalue weighted by Crippen LogP contribution is 2.21. The number of esters is 1. The number of nitrogens with zero attached hydrogens (tertiary/aromatic N) is 2. The van der Waals surface area contributed by atoms with Crippen LogP contribution in [0.15, 0.2) is 29.2 Å². The minimum absolute atomic E-state index is 0.217. The summed E-state index contributed by atoms with van der Waals surface area (Å²) < 4.78 is 52.9. The summed E-state index contributed by atoms with van der Waals surface area (Å²) in [5.41, 5.74) is 1.50. The van der Waals surface area contributed by atoms with Crippen LogP contribution in [0.1, 0.15) is 52.4 Å². The van der Waals surface area contributed by atoms with E-state index in [4.69, 9.17) is 9.47 Å². The van der Waals surface area contributed by atoms with Crippen molar-refractivity contribution in [2.45, 2.75) is 45.6 Å². The van der Waals surface area contributed by atoms with E-state index in [1.54, 1.807) is 33.9 Å². The smallest absolute Gasteiger partial charge is 0.341 e. The average Bonchev–Trinajstić information content (AvgIpc) is 3.06. The number of carbonyl (C=O) groups is 2. The number of sulfonamides is 1. The van der Waals surface area contributed by atoms with E-state index in [1.165, 1.54) is 4.31 Å². The van der Waals surface area contributed by atoms with Crippen molar-refractivity contribution in [3.63, 3.8) is 0 Å². The lowest BCUT2D eigenvalue weighted by atomic mass is 10.1. The number of carbonyl (C=O) groups excluding carboxylic acids is 2. The number of hydrogen-bond donors (Lipinski definition) is 0. The predicted octanol–water partition coefficient (Wildman–Crippen LogP) is 3.35. The fourth-order valence-corrected chi connectivity index (χ4v) is 5.10. The summed E-state index contributed by atoms with van der Waals surface area (Å²) in [5.74, 6) is -2.46. The van der Waals surface area contributed by atoms with Crippen molar-refractivity contribution >= 4 is 21.8 Å². The van der Waals surface area contributed by atoms with Gasteiger partial charge in [-0.1, -0.05) is 13.8 Å². The molecular weight excluding hydrogens is 451 g/mol. The second-order valence-electron chi connectivity index (χ2n) is 7.51. The van der Waals surface area contributed by atoms with Gasteiger partial charge in [0.05, 0.1) is 10.5 Å². The standard InChI is InChI=1S/C23H31FN2O6S/c1-6-25(7-2)33(29,30)18-9-10-21(24)20(14-18)23(28)32-15-22(27)19-13-16(3)26(17(19)4)11-8-12-31-5/h9-10,13-14H,6-8,11-12,15H2,1-5H3. The highest BCUT2D eigenvalue weighted by molar-refractivity contribution is 7.89. The molecule has 10 heteroatoms. The van der Waals surface area contributed by atoms with Gasteiger partial charge in [0.25, 0.3) is 0 Å². The van der Waals surface area contributed by atoms with Crippen molar-refractivity contribution in [3.05, 3.63) is 52.6 Å². The van der Waals surface area contributed by atoms with Crippen LogP contribution in [0, 0.1) is 19.7 Å². The normalized spacial score (nSPS) is 11.7. The molecular formula is C23H31FN2O6S. The number of ether oxygens (including phenoxy) is 2. The summed E-state index contributed by atoms with van der Waals surface area (Å²) in [6.45, 7) is 8.18. The number of ketones is 1. The topological polar surface area (TPSA) is 94.9 Å². The molecule has 182 valence electrons. The third-order valence-corrected chi connectivity index (χ3v) is 7.49. The molecule has 1 heterocycles. The van der Waals surface area contributed by atoms with Gasteiger partial charge in [-0.3, -0.25) is 4.79 Å². The fraction of sp³-hybridized carbons (Fsp3) is 0.478. The van der Waals surface area contributed by atoms with Crippen LogP contribution < -0.4 is 0 Å². The zero-order valence-corrected chi connectivity index (χ0v) is 20.5. The Morgan fingerprint density at radius 3 is 2.36 bits per heavy atom. The molecule has 0 saturated carbocycles. The molecule has 0 aliphatic rings. The van der Waals surface area contributed by atoms with Crippen LogP contribution in [0.3, 0.4) is 0 Å². The molecule has 0 spiro atoms. The molecule has 8 nitrogen and oxygen atoms in total. The van der Waals surface area contributed by atoms with E-state index in [-0.39, 0.29) is 18.0 Å². The molecule has 2 rings (SSSR count). The number of aromatic nitrogens is 1. The van der Waals surface area contributed by atoms with E-state index in [0.29, 0.717) is 18.7 Å². The minimum atomic E-state index is -3.89. The molecule has 0 radical (unpaired) electrons. The van der Waals surface area contributed by atoms with Gasteiger partial charge >= 0.3 is 5.97 Å². The molecule has 1 aromatic heterocycles. The van der Waals surface area contributed by atoms with E-state index in [2.05, 4.69) is 0 Å². The van der Waals surface area contributed by atoms with Gasteiger partial charge in [0.1, 0.15) is 5.82 Å². The first-order chi connectivity index (χ1) is 15.6. The summed E-state index contributed by atoms with van der Waals surface area (Å²) in [7, 11) is -2.26. The summed E-state index contributed by atoms with van der Waals surface area (Å²) in [6.07, 6.45) is 0.779. The van der Waals surface area contributed by atoms with E-state index >= 15 is 0 Å². The summed E-state index contributed by atoms with van der Waals surface area (Å²) in [5, 5.41) is 0. The molecule has 2 aromatic rings. The lowest BCUT2D eigenvalue weighted by molar-refractivity contribution is 0.0469. The molecule has 0 saturated heterocycles. The first-order valence-corrected chi connectivity index (χ1v) is 12.2. The molecule has 0 atom stereocenters. The Hall–Kier alpha value is -2.56. The molecule has 0 unspecified atom stereocenters. The number of benzene rings is 1. The Kier molecular flexibility index (Phi) is 9.33. The van der Waals surface area contributed by atoms with E-state index in [0.717, 1.165) is 36.0 Å². The maximum absolute atomic E-state index is 14.3. The van der Waals surface area contributed by atoms with Gasteiger partial charge < -0.3 is 14.0 Å². The molecule has 0 N–H and O–H groups in total. The second kappa shape index (κ2) is 11.5. The average molecular weight is 483 g/mol. The molecule has 0 fully saturated rings. The van der Waals surface area contributed by atoms with Crippen LogP contribution >= 0.6 is 0 Å². The summed E-state index contributed by atoms with van der Waals surface area (Å²) in [6, 6.07) is 4.67. The van der Waals surface area contributed by atoms with Gasteiger partial charge in [-0.2, -0.15) is 4.31 Å². The molecule has 1 aromatic carbocycles. The number of hydrogen-bond acceptors (Lipinski definition) is 6. The zero-order valence-electron chi connectivity index (χ0n) is 19.7. The molecule has 0 bridgehead atoms. The van der Waals surface area contributed by atoms with Gasteiger partial charge in [0.2, 0.25) is 15.8 Å². The highest BCUT2D eigenvalue weighted by atomic mass is 32.2. The van der Waals surface area contributed by atoms with Crippen molar-refractivity contribution in [2.75, 3.05) is 33.4 Å². The van der Waals surface area contributed by atoms with Crippen LogP contribution in [0.5, 0.6) is 0 Å². The Balaban J connectivity index is 2.17. The SMILES string of the molecule is CCN(CC)S(=O)(=O)c1ccc(F)c(C(=O)OCC(=O)c2cc(C)n(CCCOC)c2C)c1. The van der Waals surface area contributed by atoms with Crippen molar-refractivity contribution in [2.24, 2.45) is 0 Å². The Morgan fingerprint density at radius 1 is 1.09 bits per heavy atom. The Morgan fingerprint density at radius 2 is 1.76 bits per heavy atom. The first-order valence-electron chi connectivity index (χ1n) is 10.7. The van der Waals surface area contributed by atoms with Gasteiger partial charge in [0, 0.05) is 50.3 Å². The van der Waals surface area contributed by atoms with Gasteiger partial charge in [0.15, 0.2) is 6.61 Å². The summed E-state index contributed by atoms with van der Waals surface area (Å²) >= 11 is 0. The number of halogens is 1. The molecule has 0 aliphatic heterocycles. The lowest BCUT2D eigenvalue weighted by Gasteiger charge is -2.18. The van der Waals surface area contributed by atoms with Gasteiger partial charge in [-0.15, -0.1) is 0 Å². The molecule has 0 amide bonds. The number of Topliss-reactive ketones (excluding diaryl/α,β-unsaturated/α-hetero) is 1. The van der Waals surface area contributed by atoms with Crippen molar-refractivity contribution in [3.8, 4) is 0 Å². The number of rotatable bonds is 12. The van der Waals surface area contributed by atoms with Crippen molar-refractivity contribution in [1.82, 2.24) is 8.87 Å². The van der Waals surface area contributed by atoms with Crippen LogP contribution in [0.25, 0.3) is 0 Å². The minimum Gasteiger partial charge on any atom is -0.454 e. The largest absolute Gasteiger partial charge is 0.454 e. The van der Waals surface area contributed by atoms with Crippen LogP contribution in [-0.4, -0.2) is 62.5 Å². The monoisotopic (exact) mass is 482 g/mol. The fourth-order valence-electron chi connectivity index (χ4n) is 3.61. The van der Waals surface area contributed by atoms with E-state index in [1.807, 2.05) is 11.5 Å². The van der Waals surface area contributed by atoms with E-state index < -0.39 is 39.8 Å². The van der Waals surface area contributed by atoms with E-state index in [9.17, 15) is 22.4 Å². The Bertz CT molecular complexity index is 1110. The van der Waals surface area contributed by atoms with Crippen LogP contribution in [0.2, 0.25) is 0 Å². The van der Waals surface area contributed by atoms with Gasteiger partial charge in [-0.05, 0) is 44.5 Å². The zero-order chi connectivity index (χ0) is 24.8. The molecule has 0 aliphatic carbocycles. The second-order valence-corrected chi connectivity index (χ2v) is 9.45. The number of methoxy groups -OCH3 is 1. The highest BCUT2D eigenvalue weighted by Gasteiger charge is 2.25. The number of aryl methyl sites for hydroxylation is 1. The lowest BCUT2D eigenvalue weighted by Crippen LogP contribution is -2.30. The molecule has 33 heavy (non-hydrogen) atoms. The summed E-state index contributed by atoms with van der Waals surface area (Å²) in [4.78, 5) is 24.9. The van der Waals surface area contributed by atoms with Crippen molar-refractivity contribution in [1.29, 1.82) is 0 Å². The van der Waals surface area contributed by atoms with Crippen molar-refractivity contribution < 1.29 is 31.9 Å².